The molecule has 0 fully saturated rings. The largest absolute Gasteiger partial charge is 0.455 e. The molecule has 0 aliphatic rings. The van der Waals surface area contributed by atoms with Crippen molar-refractivity contribution in [3.8, 4) is 0 Å². The van der Waals surface area contributed by atoms with Gasteiger partial charge in [-0.05, 0) is 54.3 Å². The molecule has 0 aliphatic heterocycles. The number of carbonyl (C=O) groups is 1. The van der Waals surface area contributed by atoms with Crippen LogP contribution in [0.4, 0.5) is 0 Å². The van der Waals surface area contributed by atoms with Crippen molar-refractivity contribution in [1.82, 2.24) is 0 Å². The van der Waals surface area contributed by atoms with Crippen molar-refractivity contribution >= 4 is 28.7 Å². The summed E-state index contributed by atoms with van der Waals surface area (Å²) >= 11 is 0. The van der Waals surface area contributed by atoms with Gasteiger partial charge in [-0.25, -0.2) is 4.79 Å². The van der Waals surface area contributed by atoms with E-state index in [9.17, 15) is 4.79 Å². The summed E-state index contributed by atoms with van der Waals surface area (Å²) in [6.45, 7) is 30.1. The summed E-state index contributed by atoms with van der Waals surface area (Å²) < 4.78 is 19.4. The molecule has 4 nitrogen and oxygen atoms in total. The highest BCUT2D eigenvalue weighted by Crippen LogP contribution is 2.40. The lowest BCUT2D eigenvalue weighted by Crippen LogP contribution is -2.47. The van der Waals surface area contributed by atoms with Gasteiger partial charge < -0.3 is 13.6 Å². The van der Waals surface area contributed by atoms with Gasteiger partial charge in [-0.3, -0.25) is 0 Å². The van der Waals surface area contributed by atoms with Crippen LogP contribution in [-0.4, -0.2) is 40.9 Å². The molecular weight excluding hydrogens is 517 g/mol. The van der Waals surface area contributed by atoms with E-state index in [1.54, 1.807) is 6.08 Å². The third-order valence-electron chi connectivity index (χ3n) is 7.90. The summed E-state index contributed by atoms with van der Waals surface area (Å²) in [6.07, 6.45) is 12.8. The third kappa shape index (κ3) is 12.4. The van der Waals surface area contributed by atoms with E-state index in [1.807, 2.05) is 12.1 Å². The second-order valence-electron chi connectivity index (χ2n) is 13.3. The van der Waals surface area contributed by atoms with Crippen LogP contribution in [0.2, 0.25) is 36.3 Å². The van der Waals surface area contributed by atoms with Crippen LogP contribution in [0, 0.1) is 0 Å². The van der Waals surface area contributed by atoms with Gasteiger partial charge in [0.05, 0.1) is 12.2 Å². The molecule has 0 spiro atoms. The van der Waals surface area contributed by atoms with Gasteiger partial charge in [0.2, 0.25) is 0 Å². The second kappa shape index (κ2) is 15.1. The molecule has 1 rings (SSSR count). The van der Waals surface area contributed by atoms with Crippen molar-refractivity contribution in [2.24, 2.45) is 0 Å². The number of ether oxygens (including phenoxy) is 1. The average Bonchev–Trinajstić information content (AvgIpc) is 2.81. The lowest BCUT2D eigenvalue weighted by atomic mass is 10.1. The molecule has 0 heterocycles. The van der Waals surface area contributed by atoms with E-state index < -0.39 is 22.6 Å². The molecular formula is C33H54O4Si2. The smallest absolute Gasteiger partial charge is 0.330 e. The summed E-state index contributed by atoms with van der Waals surface area (Å²) in [7, 11) is -4.10. The maximum absolute atomic E-state index is 11.8. The second-order valence-corrected chi connectivity index (χ2v) is 22.8. The molecule has 3 atom stereocenters. The number of benzene rings is 1. The molecule has 0 bridgehead atoms. The Morgan fingerprint density at radius 2 is 1.41 bits per heavy atom. The monoisotopic (exact) mass is 570 g/mol. The summed E-state index contributed by atoms with van der Waals surface area (Å²) in [5.74, 6) is -0.436. The van der Waals surface area contributed by atoms with Crippen molar-refractivity contribution in [2.45, 2.75) is 115 Å². The van der Waals surface area contributed by atoms with Crippen LogP contribution in [0.5, 0.6) is 0 Å². The molecule has 0 aliphatic carbocycles. The Morgan fingerprint density at radius 3 is 1.92 bits per heavy atom. The van der Waals surface area contributed by atoms with E-state index in [0.717, 1.165) is 12.0 Å². The normalized spacial score (nSPS) is 15.7. The molecule has 39 heavy (non-hydrogen) atoms. The van der Waals surface area contributed by atoms with Crippen LogP contribution >= 0.6 is 0 Å². The Morgan fingerprint density at radius 1 is 0.846 bits per heavy atom. The van der Waals surface area contributed by atoms with Crippen molar-refractivity contribution < 1.29 is 18.4 Å². The molecule has 0 radical (unpaired) electrons. The van der Waals surface area contributed by atoms with Gasteiger partial charge >= 0.3 is 5.97 Å². The summed E-state index contributed by atoms with van der Waals surface area (Å²) in [5, 5.41) is 0.171. The van der Waals surface area contributed by atoms with Gasteiger partial charge in [0.1, 0.15) is 6.10 Å². The first-order valence-corrected chi connectivity index (χ1v) is 19.9. The predicted octanol–water partition coefficient (Wildman–Crippen LogP) is 9.49. The van der Waals surface area contributed by atoms with Crippen molar-refractivity contribution in [2.75, 3.05) is 0 Å². The minimum absolute atomic E-state index is 0.0446. The van der Waals surface area contributed by atoms with Crippen LogP contribution in [0.15, 0.2) is 73.9 Å². The highest BCUT2D eigenvalue weighted by atomic mass is 28.4. The zero-order valence-corrected chi connectivity index (χ0v) is 28.3. The predicted molar refractivity (Wildman–Crippen MR) is 173 cm³/mol. The number of hydrogen-bond acceptors (Lipinski definition) is 4. The molecule has 0 saturated heterocycles. The van der Waals surface area contributed by atoms with E-state index in [2.05, 4.69) is 123 Å². The number of esters is 1. The molecule has 1 aromatic carbocycles. The first-order valence-electron chi connectivity index (χ1n) is 14.1. The molecule has 0 saturated carbocycles. The van der Waals surface area contributed by atoms with Crippen molar-refractivity contribution in [3.05, 3.63) is 79.4 Å². The third-order valence-corrected chi connectivity index (χ3v) is 16.9. The average molecular weight is 571 g/mol. The zero-order chi connectivity index (χ0) is 29.9. The molecule has 6 heteroatoms. The van der Waals surface area contributed by atoms with Crippen LogP contribution < -0.4 is 0 Å². The standard InChI is InChI=1S/C33H54O4Si2/c1-13-19-28(35-31(34)14-2)22-18-23-29(36-38(9,10)32(3,4)5)26-30(37-39(11,12)33(6,7)8)25-24-27-20-16-15-17-21-27/h13-18,20-22,24-25,28-30H,1-2,19,23,26H2,3-12H3/b22-18+,25-24+/t28-,29+,30+/m1/s1. The Balaban J connectivity index is 3.33. The Hall–Kier alpha value is -2.00. The molecule has 0 aromatic heterocycles. The van der Waals surface area contributed by atoms with Gasteiger partial charge in [-0.2, -0.15) is 0 Å². The van der Waals surface area contributed by atoms with E-state index in [4.69, 9.17) is 13.6 Å². The maximum atomic E-state index is 11.8. The molecule has 0 unspecified atom stereocenters. The molecule has 1 aromatic rings. The van der Waals surface area contributed by atoms with E-state index in [-0.39, 0.29) is 28.4 Å². The Kier molecular flexibility index (Phi) is 13.6. The van der Waals surface area contributed by atoms with Crippen LogP contribution in [0.1, 0.15) is 66.4 Å². The van der Waals surface area contributed by atoms with Crippen LogP contribution in [0.25, 0.3) is 6.08 Å². The van der Waals surface area contributed by atoms with Crippen molar-refractivity contribution in [3.63, 3.8) is 0 Å². The fraction of sp³-hybridized carbons (Fsp3) is 0.545. The van der Waals surface area contributed by atoms with Gasteiger partial charge in [0, 0.05) is 18.9 Å². The quantitative estimate of drug-likeness (QED) is 0.0911. The van der Waals surface area contributed by atoms with Gasteiger partial charge in [-0.1, -0.05) is 103 Å². The molecule has 0 amide bonds. The highest BCUT2D eigenvalue weighted by Gasteiger charge is 2.41. The first kappa shape index (κ1) is 35.0. The Bertz CT molecular complexity index is 966. The number of hydrogen-bond donors (Lipinski definition) is 0. The minimum Gasteiger partial charge on any atom is -0.455 e. The van der Waals surface area contributed by atoms with E-state index in [1.165, 1.54) is 6.08 Å². The lowest BCUT2D eigenvalue weighted by Gasteiger charge is -2.42. The van der Waals surface area contributed by atoms with Gasteiger partial charge in [0.25, 0.3) is 0 Å². The summed E-state index contributed by atoms with van der Waals surface area (Å²) in [6, 6.07) is 10.3. The van der Waals surface area contributed by atoms with Gasteiger partial charge in [-0.15, -0.1) is 6.58 Å². The van der Waals surface area contributed by atoms with Crippen LogP contribution in [0.3, 0.4) is 0 Å². The van der Waals surface area contributed by atoms with Gasteiger partial charge in [0.15, 0.2) is 16.6 Å². The lowest BCUT2D eigenvalue weighted by molar-refractivity contribution is -0.140. The fourth-order valence-electron chi connectivity index (χ4n) is 3.46. The molecule has 0 N–H and O–H groups in total. The summed E-state index contributed by atoms with van der Waals surface area (Å²) in [4.78, 5) is 11.8. The number of rotatable bonds is 15. The summed E-state index contributed by atoms with van der Waals surface area (Å²) in [5.41, 5.74) is 1.15. The van der Waals surface area contributed by atoms with E-state index in [0.29, 0.717) is 12.8 Å². The zero-order valence-electron chi connectivity index (χ0n) is 26.3. The minimum atomic E-state index is -2.06. The fourth-order valence-corrected chi connectivity index (χ4v) is 6.12. The van der Waals surface area contributed by atoms with Crippen molar-refractivity contribution in [1.29, 1.82) is 0 Å². The Labute approximate surface area is 241 Å². The topological polar surface area (TPSA) is 44.8 Å². The van der Waals surface area contributed by atoms with E-state index >= 15 is 0 Å². The SMILES string of the molecule is C=CC[C@H](/C=C/C[C@@H](C[C@H](/C=C/c1ccccc1)O[Si](C)(C)C(C)(C)C)O[Si](C)(C)C(C)(C)C)OC(=O)C=C. The highest BCUT2D eigenvalue weighted by molar-refractivity contribution is 6.74. The molecule has 218 valence electrons. The first-order chi connectivity index (χ1) is 17.9. The number of carbonyl (C=O) groups excluding carboxylic acids is 1. The maximum Gasteiger partial charge on any atom is 0.330 e. The van der Waals surface area contributed by atoms with Crippen LogP contribution in [-0.2, 0) is 18.4 Å².